The first-order valence-corrected chi connectivity index (χ1v) is 7.83. The van der Waals surface area contributed by atoms with Crippen LogP contribution in [-0.2, 0) is 0 Å². The lowest BCUT2D eigenvalue weighted by atomic mass is 9.97. The van der Waals surface area contributed by atoms with Crippen molar-refractivity contribution in [3.05, 3.63) is 5.82 Å². The van der Waals surface area contributed by atoms with Crippen LogP contribution >= 0.6 is 23.3 Å². The molecule has 0 amide bonds. The third kappa shape index (κ3) is 5.34. The van der Waals surface area contributed by atoms with E-state index in [1.807, 2.05) is 13.8 Å². The van der Waals surface area contributed by atoms with Gasteiger partial charge in [-0.1, -0.05) is 11.8 Å². The molecule has 0 spiro atoms. The standard InChI is InChI=1S/C12H20N4S2/c1-9(2)15-12(4,8-13)6-5-7-17-11-14-10(3)16-18-11/h9,15H,5-7H2,1-4H3. The monoisotopic (exact) mass is 284 g/mol. The van der Waals surface area contributed by atoms with E-state index in [2.05, 4.69) is 34.6 Å². The molecule has 18 heavy (non-hydrogen) atoms. The number of aryl methyl sites for hydroxylation is 1. The highest BCUT2D eigenvalue weighted by molar-refractivity contribution is 8.00. The number of thioether (sulfide) groups is 1. The molecule has 1 N–H and O–H groups in total. The smallest absolute Gasteiger partial charge is 0.170 e. The number of nitrogens with zero attached hydrogens (tertiary/aromatic N) is 3. The second-order valence-electron chi connectivity index (χ2n) is 4.80. The van der Waals surface area contributed by atoms with Crippen LogP contribution in [0.15, 0.2) is 4.34 Å². The maximum atomic E-state index is 9.21. The zero-order valence-electron chi connectivity index (χ0n) is 11.4. The molecule has 1 rings (SSSR count). The van der Waals surface area contributed by atoms with Crippen molar-refractivity contribution in [1.29, 1.82) is 5.26 Å². The van der Waals surface area contributed by atoms with Gasteiger partial charge in [0.15, 0.2) is 4.34 Å². The van der Waals surface area contributed by atoms with Gasteiger partial charge in [-0.3, -0.25) is 5.32 Å². The van der Waals surface area contributed by atoms with Crippen molar-refractivity contribution in [2.45, 2.75) is 56.5 Å². The molecule has 0 aliphatic carbocycles. The van der Waals surface area contributed by atoms with Crippen LogP contribution in [0, 0.1) is 18.3 Å². The van der Waals surface area contributed by atoms with Gasteiger partial charge in [0.25, 0.3) is 0 Å². The summed E-state index contributed by atoms with van der Waals surface area (Å²) in [7, 11) is 0. The first-order valence-electron chi connectivity index (χ1n) is 6.07. The predicted molar refractivity (Wildman–Crippen MR) is 76.9 cm³/mol. The number of hydrogen-bond donors (Lipinski definition) is 1. The molecule has 0 bridgehead atoms. The van der Waals surface area contributed by atoms with Gasteiger partial charge < -0.3 is 0 Å². The third-order valence-electron chi connectivity index (χ3n) is 2.41. The zero-order chi connectivity index (χ0) is 13.6. The summed E-state index contributed by atoms with van der Waals surface area (Å²) in [6.45, 7) is 8.00. The normalized spacial score (nSPS) is 14.4. The lowest BCUT2D eigenvalue weighted by molar-refractivity contribution is 0.380. The molecule has 1 aromatic rings. The summed E-state index contributed by atoms with van der Waals surface area (Å²) in [5.41, 5.74) is -0.425. The molecule has 4 nitrogen and oxygen atoms in total. The first kappa shape index (κ1) is 15.4. The van der Waals surface area contributed by atoms with Gasteiger partial charge in [-0.05, 0) is 52.1 Å². The van der Waals surface area contributed by atoms with Gasteiger partial charge in [-0.2, -0.15) is 9.64 Å². The van der Waals surface area contributed by atoms with Crippen LogP contribution in [0.25, 0.3) is 0 Å². The number of rotatable bonds is 7. The third-order valence-corrected chi connectivity index (χ3v) is 4.42. The van der Waals surface area contributed by atoms with Crippen molar-refractivity contribution in [2.75, 3.05) is 5.75 Å². The first-order chi connectivity index (χ1) is 8.45. The van der Waals surface area contributed by atoms with Crippen molar-refractivity contribution < 1.29 is 0 Å². The molecule has 0 saturated heterocycles. The molecule has 0 fully saturated rings. The molecular formula is C12H20N4S2. The Morgan fingerprint density at radius 3 is 2.78 bits per heavy atom. The lowest BCUT2D eigenvalue weighted by Gasteiger charge is -2.25. The van der Waals surface area contributed by atoms with Gasteiger partial charge in [-0.15, -0.1) is 0 Å². The van der Waals surface area contributed by atoms with Gasteiger partial charge in [0, 0.05) is 11.8 Å². The fraction of sp³-hybridized carbons (Fsp3) is 0.750. The van der Waals surface area contributed by atoms with E-state index in [-0.39, 0.29) is 0 Å². The summed E-state index contributed by atoms with van der Waals surface area (Å²) in [5, 5.41) is 12.5. The lowest BCUT2D eigenvalue weighted by Crippen LogP contribution is -2.44. The average molecular weight is 284 g/mol. The van der Waals surface area contributed by atoms with Crippen molar-refractivity contribution in [3.8, 4) is 6.07 Å². The number of hydrogen-bond acceptors (Lipinski definition) is 6. The quantitative estimate of drug-likeness (QED) is 0.616. The Morgan fingerprint density at radius 1 is 1.56 bits per heavy atom. The van der Waals surface area contributed by atoms with Crippen LogP contribution in [0.1, 0.15) is 39.4 Å². The summed E-state index contributed by atoms with van der Waals surface area (Å²) in [6.07, 6.45) is 1.85. The molecule has 1 unspecified atom stereocenters. The highest BCUT2D eigenvalue weighted by Crippen LogP contribution is 2.22. The van der Waals surface area contributed by atoms with E-state index in [0.717, 1.165) is 28.8 Å². The van der Waals surface area contributed by atoms with E-state index < -0.39 is 5.54 Å². The van der Waals surface area contributed by atoms with Crippen LogP contribution in [0.3, 0.4) is 0 Å². The minimum Gasteiger partial charge on any atom is -0.297 e. The van der Waals surface area contributed by atoms with Crippen molar-refractivity contribution in [3.63, 3.8) is 0 Å². The molecule has 0 aromatic carbocycles. The SMILES string of the molecule is Cc1nsc(SCCCC(C)(C#N)NC(C)C)n1. The van der Waals surface area contributed by atoms with Crippen LogP contribution in [0.4, 0.5) is 0 Å². The summed E-state index contributed by atoms with van der Waals surface area (Å²) in [5.74, 6) is 1.82. The Labute approximate surface area is 117 Å². The second-order valence-corrected chi connectivity index (χ2v) is 6.90. The van der Waals surface area contributed by atoms with Crippen LogP contribution in [-0.4, -0.2) is 26.7 Å². The van der Waals surface area contributed by atoms with E-state index in [0.29, 0.717) is 6.04 Å². The molecular weight excluding hydrogens is 264 g/mol. The Hall–Kier alpha value is -0.640. The Kier molecular flexibility index (Phi) is 6.06. The van der Waals surface area contributed by atoms with Crippen LogP contribution in [0.2, 0.25) is 0 Å². The maximum absolute atomic E-state index is 9.21. The van der Waals surface area contributed by atoms with E-state index in [1.165, 1.54) is 11.5 Å². The van der Waals surface area contributed by atoms with E-state index in [1.54, 1.807) is 11.8 Å². The van der Waals surface area contributed by atoms with Gasteiger partial charge in [0.05, 0.1) is 6.07 Å². The summed E-state index contributed by atoms with van der Waals surface area (Å²) in [4.78, 5) is 4.30. The Morgan fingerprint density at radius 2 is 2.28 bits per heavy atom. The van der Waals surface area contributed by atoms with E-state index >= 15 is 0 Å². The van der Waals surface area contributed by atoms with Crippen LogP contribution < -0.4 is 5.32 Å². The molecule has 100 valence electrons. The Bertz CT molecular complexity index is 410. The molecule has 1 atom stereocenters. The molecule has 0 saturated carbocycles. The van der Waals surface area contributed by atoms with Crippen LogP contribution in [0.5, 0.6) is 0 Å². The highest BCUT2D eigenvalue weighted by Gasteiger charge is 2.23. The molecule has 0 radical (unpaired) electrons. The summed E-state index contributed by atoms with van der Waals surface area (Å²) < 4.78 is 5.16. The summed E-state index contributed by atoms with van der Waals surface area (Å²) in [6, 6.07) is 2.69. The second kappa shape index (κ2) is 7.07. The van der Waals surface area contributed by atoms with Crippen molar-refractivity contribution in [1.82, 2.24) is 14.7 Å². The predicted octanol–water partition coefficient (Wildman–Crippen LogP) is 3.00. The molecule has 6 heteroatoms. The fourth-order valence-corrected chi connectivity index (χ4v) is 3.38. The van der Waals surface area contributed by atoms with Gasteiger partial charge in [0.2, 0.25) is 0 Å². The van der Waals surface area contributed by atoms with Crippen molar-refractivity contribution in [2.24, 2.45) is 0 Å². The number of nitriles is 1. The Balaban J connectivity index is 2.30. The largest absolute Gasteiger partial charge is 0.297 e. The van der Waals surface area contributed by atoms with Crippen molar-refractivity contribution >= 4 is 23.3 Å². The van der Waals surface area contributed by atoms with E-state index in [9.17, 15) is 5.26 Å². The summed E-state index contributed by atoms with van der Waals surface area (Å²) >= 11 is 3.16. The highest BCUT2D eigenvalue weighted by atomic mass is 32.2. The topological polar surface area (TPSA) is 61.6 Å². The van der Waals surface area contributed by atoms with Gasteiger partial charge in [0.1, 0.15) is 11.4 Å². The molecule has 1 aromatic heterocycles. The zero-order valence-corrected chi connectivity index (χ0v) is 13.0. The number of nitrogens with one attached hydrogen (secondary N) is 1. The fourth-order valence-electron chi connectivity index (χ4n) is 1.72. The number of aromatic nitrogens is 2. The minimum atomic E-state index is -0.425. The maximum Gasteiger partial charge on any atom is 0.170 e. The molecule has 0 aliphatic rings. The molecule has 0 aliphatic heterocycles. The van der Waals surface area contributed by atoms with E-state index in [4.69, 9.17) is 0 Å². The molecule has 1 heterocycles. The average Bonchev–Trinajstić information content (AvgIpc) is 2.70. The van der Waals surface area contributed by atoms with Gasteiger partial charge in [-0.25, -0.2) is 4.98 Å². The minimum absolute atomic E-state index is 0.327. The van der Waals surface area contributed by atoms with Gasteiger partial charge >= 0.3 is 0 Å².